The van der Waals surface area contributed by atoms with E-state index in [9.17, 15) is 19.0 Å². The summed E-state index contributed by atoms with van der Waals surface area (Å²) in [6.07, 6.45) is -3.04. The molecule has 2 unspecified atom stereocenters. The predicted octanol–water partition coefficient (Wildman–Crippen LogP) is 1.18. The Morgan fingerprint density at radius 2 is 1.93 bits per heavy atom. The summed E-state index contributed by atoms with van der Waals surface area (Å²) in [6, 6.07) is 1.95. The van der Waals surface area contributed by atoms with Crippen LogP contribution in [0.1, 0.15) is 11.7 Å². The highest BCUT2D eigenvalue weighted by Gasteiger charge is 2.25. The Kier molecular flexibility index (Phi) is 3.84. The highest BCUT2D eigenvalue weighted by molar-refractivity contribution is 6.18. The van der Waals surface area contributed by atoms with Crippen molar-refractivity contribution < 1.29 is 19.0 Å². The Hall–Kier alpha value is -0.910. The van der Waals surface area contributed by atoms with E-state index in [1.54, 1.807) is 0 Å². The summed E-state index contributed by atoms with van der Waals surface area (Å²) < 4.78 is 26.1. The van der Waals surface area contributed by atoms with Crippen molar-refractivity contribution in [2.75, 3.05) is 11.6 Å². The van der Waals surface area contributed by atoms with Crippen molar-refractivity contribution in [1.29, 1.82) is 0 Å². The van der Waals surface area contributed by atoms with Crippen LogP contribution in [0.2, 0.25) is 0 Å². The number of aliphatic hydroxyl groups is 2. The van der Waals surface area contributed by atoms with Crippen LogP contribution in [0.3, 0.4) is 0 Å². The van der Waals surface area contributed by atoms with Crippen LogP contribution >= 0.6 is 11.6 Å². The Labute approximate surface area is 90.1 Å². The van der Waals surface area contributed by atoms with Gasteiger partial charge in [-0.25, -0.2) is 8.78 Å². The Morgan fingerprint density at radius 1 is 1.33 bits per heavy atom. The maximum absolute atomic E-state index is 13.2. The molecule has 0 aromatic heterocycles. The van der Waals surface area contributed by atoms with Crippen LogP contribution in [0, 0.1) is 11.6 Å². The highest BCUT2D eigenvalue weighted by atomic mass is 35.5. The average molecular weight is 238 g/mol. The lowest BCUT2D eigenvalue weighted by Crippen LogP contribution is -2.22. The van der Waals surface area contributed by atoms with Crippen molar-refractivity contribution in [3.63, 3.8) is 0 Å². The fourth-order valence-electron chi connectivity index (χ4n) is 1.16. The van der Waals surface area contributed by atoms with E-state index in [1.807, 2.05) is 0 Å². The van der Waals surface area contributed by atoms with Crippen LogP contribution in [0.5, 0.6) is 0 Å². The molecule has 1 aromatic rings. The summed E-state index contributed by atoms with van der Waals surface area (Å²) in [7, 11) is 0. The van der Waals surface area contributed by atoms with Crippen LogP contribution in [-0.2, 0) is 0 Å². The van der Waals surface area contributed by atoms with Crippen molar-refractivity contribution in [3.05, 3.63) is 29.3 Å². The molecule has 84 valence electrons. The Bertz CT molecular complexity index is 362. The topological polar surface area (TPSA) is 66.5 Å². The van der Waals surface area contributed by atoms with Gasteiger partial charge in [0.2, 0.25) is 0 Å². The summed E-state index contributed by atoms with van der Waals surface area (Å²) in [4.78, 5) is 0. The SMILES string of the molecule is Nc1ccc(F)c(F)c1C(O)C(O)CCl. The summed E-state index contributed by atoms with van der Waals surface area (Å²) in [5.41, 5.74) is 4.76. The van der Waals surface area contributed by atoms with Gasteiger partial charge in [0.15, 0.2) is 11.6 Å². The fourth-order valence-corrected chi connectivity index (χ4v) is 1.33. The molecule has 0 aliphatic rings. The third-order valence-electron chi connectivity index (χ3n) is 1.98. The van der Waals surface area contributed by atoms with Gasteiger partial charge in [-0.1, -0.05) is 0 Å². The van der Waals surface area contributed by atoms with E-state index in [0.717, 1.165) is 12.1 Å². The number of nitrogen functional groups attached to an aromatic ring is 1. The molecule has 4 N–H and O–H groups in total. The van der Waals surface area contributed by atoms with Crippen LogP contribution in [-0.4, -0.2) is 22.2 Å². The van der Waals surface area contributed by atoms with Crippen LogP contribution in [0.4, 0.5) is 14.5 Å². The minimum absolute atomic E-state index is 0.134. The fraction of sp³-hybridized carbons (Fsp3) is 0.333. The predicted molar refractivity (Wildman–Crippen MR) is 52.5 cm³/mol. The lowest BCUT2D eigenvalue weighted by molar-refractivity contribution is 0.0305. The zero-order valence-corrected chi connectivity index (χ0v) is 8.38. The first kappa shape index (κ1) is 12.2. The van der Waals surface area contributed by atoms with E-state index >= 15 is 0 Å². The molecule has 6 heteroatoms. The van der Waals surface area contributed by atoms with Gasteiger partial charge >= 0.3 is 0 Å². The third-order valence-corrected chi connectivity index (χ3v) is 2.30. The monoisotopic (exact) mass is 237 g/mol. The first-order valence-electron chi connectivity index (χ1n) is 4.14. The summed E-state index contributed by atoms with van der Waals surface area (Å²) in [5.74, 6) is -2.72. The molecule has 0 saturated heterocycles. The van der Waals surface area contributed by atoms with Crippen molar-refractivity contribution in [2.45, 2.75) is 12.2 Å². The second-order valence-corrected chi connectivity index (χ2v) is 3.34. The molecule has 15 heavy (non-hydrogen) atoms. The Morgan fingerprint density at radius 3 is 2.47 bits per heavy atom. The molecule has 1 aromatic carbocycles. The molecule has 0 bridgehead atoms. The van der Waals surface area contributed by atoms with Gasteiger partial charge in [-0.05, 0) is 12.1 Å². The molecule has 1 rings (SSSR count). The molecular weight excluding hydrogens is 228 g/mol. The average Bonchev–Trinajstić information content (AvgIpc) is 2.22. The van der Waals surface area contributed by atoms with E-state index < -0.39 is 29.4 Å². The number of hydrogen-bond donors (Lipinski definition) is 3. The maximum atomic E-state index is 13.2. The number of halogens is 3. The number of nitrogens with two attached hydrogens (primary N) is 1. The maximum Gasteiger partial charge on any atom is 0.166 e. The van der Waals surface area contributed by atoms with Crippen molar-refractivity contribution in [3.8, 4) is 0 Å². The zero-order valence-electron chi connectivity index (χ0n) is 7.62. The van der Waals surface area contributed by atoms with Crippen molar-refractivity contribution >= 4 is 17.3 Å². The number of alkyl halides is 1. The number of benzene rings is 1. The van der Waals surface area contributed by atoms with Gasteiger partial charge in [-0.3, -0.25) is 0 Å². The van der Waals surface area contributed by atoms with Gasteiger partial charge < -0.3 is 15.9 Å². The summed E-state index contributed by atoms with van der Waals surface area (Å²) in [6.45, 7) is 0. The summed E-state index contributed by atoms with van der Waals surface area (Å²) in [5, 5.41) is 18.6. The van der Waals surface area contributed by atoms with Crippen molar-refractivity contribution in [1.82, 2.24) is 0 Å². The zero-order chi connectivity index (χ0) is 11.6. The van der Waals surface area contributed by atoms with Gasteiger partial charge in [0.25, 0.3) is 0 Å². The van der Waals surface area contributed by atoms with Crippen LogP contribution < -0.4 is 5.73 Å². The van der Waals surface area contributed by atoms with E-state index in [4.69, 9.17) is 17.3 Å². The van der Waals surface area contributed by atoms with Crippen LogP contribution in [0.15, 0.2) is 12.1 Å². The second kappa shape index (κ2) is 4.74. The van der Waals surface area contributed by atoms with E-state index in [0.29, 0.717) is 0 Å². The highest BCUT2D eigenvalue weighted by Crippen LogP contribution is 2.28. The molecule has 0 aliphatic carbocycles. The Balaban J connectivity index is 3.18. The third kappa shape index (κ3) is 2.37. The van der Waals surface area contributed by atoms with Gasteiger partial charge in [-0.2, -0.15) is 0 Å². The number of anilines is 1. The van der Waals surface area contributed by atoms with E-state index in [-0.39, 0.29) is 11.6 Å². The van der Waals surface area contributed by atoms with Gasteiger partial charge in [0.1, 0.15) is 6.10 Å². The van der Waals surface area contributed by atoms with E-state index in [1.165, 1.54) is 0 Å². The van der Waals surface area contributed by atoms with Crippen molar-refractivity contribution in [2.24, 2.45) is 0 Å². The number of aliphatic hydroxyl groups excluding tert-OH is 2. The molecule has 0 fully saturated rings. The molecule has 2 atom stereocenters. The number of hydrogen-bond acceptors (Lipinski definition) is 3. The van der Waals surface area contributed by atoms with Crippen LogP contribution in [0.25, 0.3) is 0 Å². The molecule has 0 radical (unpaired) electrons. The molecule has 0 aliphatic heterocycles. The molecule has 0 heterocycles. The smallest absolute Gasteiger partial charge is 0.166 e. The quantitative estimate of drug-likeness (QED) is 0.546. The first-order valence-corrected chi connectivity index (χ1v) is 4.68. The minimum atomic E-state index is -1.64. The minimum Gasteiger partial charge on any atom is -0.398 e. The van der Waals surface area contributed by atoms with Gasteiger partial charge in [-0.15, -0.1) is 11.6 Å². The molecule has 3 nitrogen and oxygen atoms in total. The van der Waals surface area contributed by atoms with E-state index in [2.05, 4.69) is 0 Å². The van der Waals surface area contributed by atoms with Gasteiger partial charge in [0.05, 0.1) is 12.0 Å². The standard InChI is InChI=1S/C9H10ClF2NO2/c10-3-6(14)9(15)7-5(13)2-1-4(11)8(7)12/h1-2,6,9,14-15H,3,13H2. The normalized spacial score (nSPS) is 15.0. The lowest BCUT2D eigenvalue weighted by atomic mass is 10.0. The largest absolute Gasteiger partial charge is 0.398 e. The lowest BCUT2D eigenvalue weighted by Gasteiger charge is -2.18. The first-order chi connectivity index (χ1) is 6.99. The van der Waals surface area contributed by atoms with Gasteiger partial charge in [0, 0.05) is 11.3 Å². The molecule has 0 amide bonds. The number of rotatable bonds is 3. The summed E-state index contributed by atoms with van der Waals surface area (Å²) >= 11 is 5.27. The molecule has 0 spiro atoms. The second-order valence-electron chi connectivity index (χ2n) is 3.03. The molecule has 0 saturated carbocycles. The molecular formula is C9H10ClF2NO2.